The fourth-order valence-corrected chi connectivity index (χ4v) is 8.94. The smallest absolute Gasteiger partial charge is 0.251 e. The van der Waals surface area contributed by atoms with Crippen LogP contribution in [0, 0.1) is 34.1 Å². The fourth-order valence-electron chi connectivity index (χ4n) is 8.49. The number of carbonyl (C=O) groups excluding carboxylic acids is 2. The number of nitrogens with zero attached hydrogens (tertiary/aromatic N) is 2. The summed E-state index contributed by atoms with van der Waals surface area (Å²) in [6.07, 6.45) is 4.23. The van der Waals surface area contributed by atoms with E-state index in [1.54, 1.807) is 24.3 Å². The van der Waals surface area contributed by atoms with Crippen LogP contribution in [-0.2, 0) is 0 Å². The summed E-state index contributed by atoms with van der Waals surface area (Å²) in [5, 5.41) is 27.2. The van der Waals surface area contributed by atoms with Crippen LogP contribution in [0.25, 0.3) is 0 Å². The van der Waals surface area contributed by atoms with Crippen molar-refractivity contribution in [2.45, 2.75) is 62.8 Å². The van der Waals surface area contributed by atoms with Crippen LogP contribution in [0.3, 0.4) is 0 Å². The summed E-state index contributed by atoms with van der Waals surface area (Å²) in [6.45, 7) is 4.32. The van der Waals surface area contributed by atoms with E-state index in [0.29, 0.717) is 24.2 Å². The molecule has 14 heteroatoms. The maximum absolute atomic E-state index is 13.5. The molecule has 4 aromatic rings. The summed E-state index contributed by atoms with van der Waals surface area (Å²) >= 11 is 11.7. The minimum atomic E-state index is -0.655. The molecule has 8 rings (SSSR count). The average Bonchev–Trinajstić information content (AvgIpc) is 4.07. The second-order valence-corrected chi connectivity index (χ2v) is 17.1. The van der Waals surface area contributed by atoms with Crippen molar-refractivity contribution < 1.29 is 37.4 Å². The van der Waals surface area contributed by atoms with Crippen LogP contribution in [0.2, 0.25) is 10.0 Å². The molecule has 4 aromatic carbocycles. The first-order valence-electron chi connectivity index (χ1n) is 19.5. The second-order valence-electron chi connectivity index (χ2n) is 16.2. The zero-order chi connectivity index (χ0) is 41.2. The van der Waals surface area contributed by atoms with Crippen molar-refractivity contribution in [3.05, 3.63) is 140 Å². The van der Waals surface area contributed by atoms with E-state index in [2.05, 4.69) is 20.4 Å². The number of rotatable bonds is 10. The minimum absolute atomic E-state index is 0.0845. The van der Waals surface area contributed by atoms with Crippen LogP contribution in [0.15, 0.2) is 84.9 Å². The number of benzene rings is 4. The van der Waals surface area contributed by atoms with Gasteiger partial charge in [-0.25, -0.2) is 17.6 Å². The standard InChI is InChI=1S/2C22H23ClF2N2O2/c2*23-16-9-15(10-18(25)11-16)21(29)26-20-12-22(20)5-7-27(8-6-22)13-19(28)14-1-3-17(24)4-2-14/h2*1-4,9-11,19-20,28H,5-8,12-13H2,(H,26,29)/t19?,20-;/m1./s1. The van der Waals surface area contributed by atoms with E-state index in [0.717, 1.165) is 64.7 Å². The molecule has 4 N–H and O–H groups in total. The Morgan fingerprint density at radius 2 is 0.931 bits per heavy atom. The monoisotopic (exact) mass is 840 g/mol. The minimum Gasteiger partial charge on any atom is -0.387 e. The first-order chi connectivity index (χ1) is 27.7. The number of carbonyl (C=O) groups is 2. The lowest BCUT2D eigenvalue weighted by Gasteiger charge is -2.34. The molecule has 2 heterocycles. The molecule has 2 saturated heterocycles. The predicted molar refractivity (Wildman–Crippen MR) is 213 cm³/mol. The van der Waals surface area contributed by atoms with E-state index < -0.39 is 23.8 Å². The Morgan fingerprint density at radius 1 is 0.586 bits per heavy atom. The summed E-state index contributed by atoms with van der Waals surface area (Å²) in [5.74, 6) is -2.29. The molecule has 4 fully saturated rings. The molecule has 58 heavy (non-hydrogen) atoms. The van der Waals surface area contributed by atoms with Gasteiger partial charge in [-0.05, 0) is 147 Å². The number of halogens is 6. The van der Waals surface area contributed by atoms with E-state index in [-0.39, 0.29) is 67.5 Å². The molecule has 4 aliphatic rings. The zero-order valence-electron chi connectivity index (χ0n) is 31.8. The van der Waals surface area contributed by atoms with Crippen LogP contribution < -0.4 is 10.6 Å². The largest absolute Gasteiger partial charge is 0.387 e. The van der Waals surface area contributed by atoms with Gasteiger partial charge in [0, 0.05) is 46.3 Å². The normalized spacial score (nSPS) is 21.7. The van der Waals surface area contributed by atoms with Crippen LogP contribution >= 0.6 is 23.2 Å². The Labute approximate surface area is 345 Å². The Balaban J connectivity index is 0.000000177. The maximum Gasteiger partial charge on any atom is 0.251 e. The molecule has 0 bridgehead atoms. The third kappa shape index (κ3) is 10.4. The summed E-state index contributed by atoms with van der Waals surface area (Å²) in [5.41, 5.74) is 2.05. The number of β-amino-alcohol motifs (C(OH)–C–C–N with tert-alkyl or cyclic N) is 2. The molecule has 2 amide bonds. The number of likely N-dealkylation sites (tertiary alicyclic amines) is 2. The van der Waals surface area contributed by atoms with Gasteiger partial charge in [0.15, 0.2) is 0 Å². The van der Waals surface area contributed by atoms with Crippen molar-refractivity contribution in [1.29, 1.82) is 0 Å². The molecule has 3 unspecified atom stereocenters. The van der Waals surface area contributed by atoms with Gasteiger partial charge in [-0.15, -0.1) is 0 Å². The molecule has 2 spiro atoms. The molecule has 308 valence electrons. The van der Waals surface area contributed by atoms with E-state index in [1.807, 2.05) is 0 Å². The van der Waals surface area contributed by atoms with E-state index in [9.17, 15) is 37.4 Å². The van der Waals surface area contributed by atoms with Gasteiger partial charge in [-0.1, -0.05) is 47.5 Å². The summed E-state index contributed by atoms with van der Waals surface area (Å²) in [6, 6.07) is 19.7. The number of hydrogen-bond acceptors (Lipinski definition) is 6. The third-order valence-electron chi connectivity index (χ3n) is 12.3. The van der Waals surface area contributed by atoms with Gasteiger partial charge in [0.25, 0.3) is 11.8 Å². The highest BCUT2D eigenvalue weighted by Gasteiger charge is 2.56. The van der Waals surface area contributed by atoms with Gasteiger partial charge in [-0.2, -0.15) is 0 Å². The average molecular weight is 842 g/mol. The van der Waals surface area contributed by atoms with Gasteiger partial charge < -0.3 is 30.6 Å². The highest BCUT2D eigenvalue weighted by atomic mass is 35.5. The first-order valence-corrected chi connectivity index (χ1v) is 20.3. The lowest BCUT2D eigenvalue weighted by Crippen LogP contribution is -2.40. The van der Waals surface area contributed by atoms with Crippen LogP contribution in [0.5, 0.6) is 0 Å². The van der Waals surface area contributed by atoms with Gasteiger partial charge in [0.2, 0.25) is 0 Å². The molecule has 2 aliphatic carbocycles. The summed E-state index contributed by atoms with van der Waals surface area (Å²) in [4.78, 5) is 29.2. The van der Waals surface area contributed by atoms with Gasteiger partial charge in [0.1, 0.15) is 23.3 Å². The van der Waals surface area contributed by atoms with E-state index in [4.69, 9.17) is 23.2 Å². The van der Waals surface area contributed by atoms with Gasteiger partial charge >= 0.3 is 0 Å². The molecule has 4 atom stereocenters. The summed E-state index contributed by atoms with van der Waals surface area (Å²) < 4.78 is 53.0. The highest BCUT2D eigenvalue weighted by Crippen LogP contribution is 2.55. The van der Waals surface area contributed by atoms with Gasteiger partial charge in [-0.3, -0.25) is 9.59 Å². The van der Waals surface area contributed by atoms with Crippen molar-refractivity contribution in [1.82, 2.24) is 20.4 Å². The summed E-state index contributed by atoms with van der Waals surface area (Å²) in [7, 11) is 0. The maximum atomic E-state index is 13.5. The number of hydrogen-bond donors (Lipinski definition) is 4. The number of aliphatic hydroxyl groups is 2. The molecule has 0 aromatic heterocycles. The predicted octanol–water partition coefficient (Wildman–Crippen LogP) is 7.87. The molecule has 2 saturated carbocycles. The Bertz CT molecular complexity index is 1900. The topological polar surface area (TPSA) is 105 Å². The zero-order valence-corrected chi connectivity index (χ0v) is 33.3. The molecule has 8 nitrogen and oxygen atoms in total. The second kappa shape index (κ2) is 17.7. The third-order valence-corrected chi connectivity index (χ3v) is 12.8. The first kappa shape index (κ1) is 42.1. The molecule has 2 aliphatic heterocycles. The lowest BCUT2D eigenvalue weighted by atomic mass is 9.92. The number of amides is 2. The van der Waals surface area contributed by atoms with Crippen molar-refractivity contribution in [3.63, 3.8) is 0 Å². The quantitative estimate of drug-likeness (QED) is 0.121. The van der Waals surface area contributed by atoms with Crippen LogP contribution in [0.1, 0.15) is 82.6 Å². The number of aliphatic hydroxyl groups excluding tert-OH is 2. The SMILES string of the molecule is O=C(NC1CC12CCN(CC(O)c1ccc(F)cc1)CC2)c1cc(F)cc(Cl)c1.O=C(N[C@@H]1CC12CCN(CC(O)c1ccc(F)cc1)CC2)c1cc(F)cc(Cl)c1. The van der Waals surface area contributed by atoms with Gasteiger partial charge in [0.05, 0.1) is 12.2 Å². The van der Waals surface area contributed by atoms with Crippen molar-refractivity contribution >= 4 is 35.0 Å². The van der Waals surface area contributed by atoms with Crippen LogP contribution in [0.4, 0.5) is 17.6 Å². The van der Waals surface area contributed by atoms with Crippen molar-refractivity contribution in [3.8, 4) is 0 Å². The number of nitrogens with one attached hydrogen (secondary N) is 2. The lowest BCUT2D eigenvalue weighted by molar-refractivity contribution is 0.0808. The Kier molecular flexibility index (Phi) is 12.8. The highest BCUT2D eigenvalue weighted by molar-refractivity contribution is 6.31. The molecular weight excluding hydrogens is 795 g/mol. The van der Waals surface area contributed by atoms with Crippen molar-refractivity contribution in [2.24, 2.45) is 10.8 Å². The number of piperidine rings is 2. The van der Waals surface area contributed by atoms with Crippen LogP contribution in [-0.4, -0.2) is 83.2 Å². The van der Waals surface area contributed by atoms with E-state index in [1.165, 1.54) is 60.7 Å². The Morgan fingerprint density at radius 3 is 1.26 bits per heavy atom. The fraction of sp³-hybridized carbons (Fsp3) is 0.409. The molecular formula is C44H46Cl2F4N4O4. The van der Waals surface area contributed by atoms with Crippen molar-refractivity contribution in [2.75, 3.05) is 39.3 Å². The molecule has 0 radical (unpaired) electrons. The Hall–Kier alpha value is -4.04. The van der Waals surface area contributed by atoms with E-state index >= 15 is 0 Å².